The van der Waals surface area contributed by atoms with Crippen molar-refractivity contribution in [3.63, 3.8) is 0 Å². The summed E-state index contributed by atoms with van der Waals surface area (Å²) in [5, 5.41) is 0. The highest BCUT2D eigenvalue weighted by Gasteiger charge is 2.34. The molecule has 0 unspecified atom stereocenters. The summed E-state index contributed by atoms with van der Waals surface area (Å²) < 4.78 is 4.65. The third-order valence-corrected chi connectivity index (χ3v) is 2.66. The molecule has 0 spiro atoms. The molecule has 1 aliphatic heterocycles. The first-order valence-electron chi connectivity index (χ1n) is 5.48. The lowest BCUT2D eigenvalue weighted by Gasteiger charge is -2.05. The third-order valence-electron chi connectivity index (χ3n) is 2.66. The molecule has 1 aliphatic rings. The first-order valence-corrected chi connectivity index (χ1v) is 5.48. The largest absolute Gasteiger partial charge is 0.386 e. The molecule has 4 heteroatoms. The van der Waals surface area contributed by atoms with Crippen molar-refractivity contribution in [2.75, 3.05) is 0 Å². The molecule has 0 aromatic carbocycles. The highest BCUT2D eigenvalue weighted by molar-refractivity contribution is 6.12. The van der Waals surface area contributed by atoms with Crippen molar-refractivity contribution in [1.82, 2.24) is 4.98 Å². The summed E-state index contributed by atoms with van der Waals surface area (Å²) in [6.07, 6.45) is 3.74. The molecule has 0 radical (unpaired) electrons. The van der Waals surface area contributed by atoms with E-state index < -0.39 is 11.9 Å². The quantitative estimate of drug-likeness (QED) is 0.586. The zero-order chi connectivity index (χ0) is 12.4. The predicted molar refractivity (Wildman–Crippen MR) is 60.9 cm³/mol. The van der Waals surface area contributed by atoms with Gasteiger partial charge in [0.25, 0.3) is 0 Å². The SMILES string of the molecule is CC(C)C1=C(Cc2cccnc2)C(=O)OC1=O. The van der Waals surface area contributed by atoms with Crippen LogP contribution in [0.1, 0.15) is 19.4 Å². The van der Waals surface area contributed by atoms with E-state index in [4.69, 9.17) is 0 Å². The van der Waals surface area contributed by atoms with Crippen LogP contribution in [-0.2, 0) is 20.7 Å². The van der Waals surface area contributed by atoms with Crippen LogP contribution >= 0.6 is 0 Å². The fraction of sp³-hybridized carbons (Fsp3) is 0.308. The van der Waals surface area contributed by atoms with Crippen LogP contribution in [-0.4, -0.2) is 16.9 Å². The maximum Gasteiger partial charge on any atom is 0.342 e. The van der Waals surface area contributed by atoms with Crippen LogP contribution in [0.4, 0.5) is 0 Å². The van der Waals surface area contributed by atoms with E-state index in [1.54, 1.807) is 18.5 Å². The average Bonchev–Trinajstić information content (AvgIpc) is 2.55. The molecule has 88 valence electrons. The summed E-state index contributed by atoms with van der Waals surface area (Å²) in [6, 6.07) is 3.67. The minimum atomic E-state index is -0.525. The van der Waals surface area contributed by atoms with Crippen LogP contribution in [0.15, 0.2) is 35.7 Å². The second-order valence-electron chi connectivity index (χ2n) is 4.26. The molecular formula is C13H13NO3. The Morgan fingerprint density at radius 1 is 1.29 bits per heavy atom. The molecule has 0 bridgehead atoms. The van der Waals surface area contributed by atoms with Gasteiger partial charge in [0.1, 0.15) is 0 Å². The average molecular weight is 231 g/mol. The number of esters is 2. The van der Waals surface area contributed by atoms with Crippen molar-refractivity contribution in [1.29, 1.82) is 0 Å². The Morgan fingerprint density at radius 3 is 2.65 bits per heavy atom. The van der Waals surface area contributed by atoms with Crippen molar-refractivity contribution >= 4 is 11.9 Å². The Balaban J connectivity index is 2.35. The summed E-state index contributed by atoms with van der Waals surface area (Å²) in [6.45, 7) is 3.75. The van der Waals surface area contributed by atoms with Gasteiger partial charge >= 0.3 is 11.9 Å². The number of ether oxygens (including phenoxy) is 1. The standard InChI is InChI=1S/C13H13NO3/c1-8(2)11-10(12(15)17-13(11)16)6-9-4-3-5-14-7-9/h3-5,7-8H,6H2,1-2H3. The summed E-state index contributed by atoms with van der Waals surface area (Å²) >= 11 is 0. The lowest BCUT2D eigenvalue weighted by Crippen LogP contribution is -2.05. The van der Waals surface area contributed by atoms with Crippen molar-refractivity contribution in [3.8, 4) is 0 Å². The minimum Gasteiger partial charge on any atom is -0.386 e. The van der Waals surface area contributed by atoms with Crippen LogP contribution in [0, 0.1) is 5.92 Å². The van der Waals surface area contributed by atoms with Gasteiger partial charge < -0.3 is 4.74 Å². The zero-order valence-corrected chi connectivity index (χ0v) is 9.77. The highest BCUT2D eigenvalue weighted by Crippen LogP contribution is 2.26. The third kappa shape index (κ3) is 2.25. The molecule has 17 heavy (non-hydrogen) atoms. The molecule has 0 saturated carbocycles. The molecule has 2 rings (SSSR count). The fourth-order valence-corrected chi connectivity index (χ4v) is 1.89. The molecule has 1 aromatic rings. The van der Waals surface area contributed by atoms with Crippen LogP contribution in [0.5, 0.6) is 0 Å². The summed E-state index contributed by atoms with van der Waals surface area (Å²) in [7, 11) is 0. The highest BCUT2D eigenvalue weighted by atomic mass is 16.6. The molecule has 0 saturated heterocycles. The molecule has 4 nitrogen and oxygen atoms in total. The number of aromatic nitrogens is 1. The van der Waals surface area contributed by atoms with Gasteiger partial charge in [0.15, 0.2) is 0 Å². The van der Waals surface area contributed by atoms with Crippen molar-refractivity contribution in [3.05, 3.63) is 41.2 Å². The molecule has 0 aliphatic carbocycles. The van der Waals surface area contributed by atoms with Crippen LogP contribution in [0.25, 0.3) is 0 Å². The number of carbonyl (C=O) groups excluding carboxylic acids is 2. The van der Waals surface area contributed by atoms with Gasteiger partial charge in [-0.25, -0.2) is 9.59 Å². The van der Waals surface area contributed by atoms with E-state index in [2.05, 4.69) is 9.72 Å². The van der Waals surface area contributed by atoms with Gasteiger partial charge in [-0.1, -0.05) is 19.9 Å². The number of rotatable bonds is 3. The monoisotopic (exact) mass is 231 g/mol. The second-order valence-corrected chi connectivity index (χ2v) is 4.26. The zero-order valence-electron chi connectivity index (χ0n) is 9.77. The topological polar surface area (TPSA) is 56.3 Å². The number of hydrogen-bond donors (Lipinski definition) is 0. The maximum absolute atomic E-state index is 11.6. The van der Waals surface area contributed by atoms with Gasteiger partial charge in [0, 0.05) is 18.8 Å². The lowest BCUT2D eigenvalue weighted by molar-refractivity contribution is -0.151. The van der Waals surface area contributed by atoms with Gasteiger partial charge in [0.2, 0.25) is 0 Å². The van der Waals surface area contributed by atoms with E-state index in [0.29, 0.717) is 17.6 Å². The first-order chi connectivity index (χ1) is 8.09. The predicted octanol–water partition coefficient (Wildman–Crippen LogP) is 1.66. The number of pyridine rings is 1. The Labute approximate surface area is 99.3 Å². The van der Waals surface area contributed by atoms with Gasteiger partial charge in [-0.15, -0.1) is 0 Å². The van der Waals surface area contributed by atoms with Crippen molar-refractivity contribution in [2.24, 2.45) is 5.92 Å². The van der Waals surface area contributed by atoms with E-state index >= 15 is 0 Å². The van der Waals surface area contributed by atoms with Crippen molar-refractivity contribution in [2.45, 2.75) is 20.3 Å². The Morgan fingerprint density at radius 2 is 2.06 bits per heavy atom. The lowest BCUT2D eigenvalue weighted by atomic mass is 9.95. The molecular weight excluding hydrogens is 218 g/mol. The Kier molecular flexibility index (Phi) is 3.04. The van der Waals surface area contributed by atoms with Gasteiger partial charge in [-0.3, -0.25) is 4.98 Å². The molecule has 0 amide bonds. The van der Waals surface area contributed by atoms with E-state index in [9.17, 15) is 9.59 Å². The fourth-order valence-electron chi connectivity index (χ4n) is 1.89. The number of nitrogens with zero attached hydrogens (tertiary/aromatic N) is 1. The number of cyclic esters (lactones) is 2. The van der Waals surface area contributed by atoms with E-state index in [1.807, 2.05) is 19.9 Å². The maximum atomic E-state index is 11.6. The molecule has 1 aromatic heterocycles. The van der Waals surface area contributed by atoms with Gasteiger partial charge in [-0.2, -0.15) is 0 Å². The smallest absolute Gasteiger partial charge is 0.342 e. The van der Waals surface area contributed by atoms with Crippen LogP contribution in [0.3, 0.4) is 0 Å². The first kappa shape index (κ1) is 11.5. The van der Waals surface area contributed by atoms with Gasteiger partial charge in [-0.05, 0) is 17.5 Å². The second kappa shape index (κ2) is 4.49. The molecule has 2 heterocycles. The van der Waals surface area contributed by atoms with E-state index in [1.165, 1.54) is 0 Å². The van der Waals surface area contributed by atoms with Gasteiger partial charge in [0.05, 0.1) is 11.1 Å². The number of hydrogen-bond acceptors (Lipinski definition) is 4. The van der Waals surface area contributed by atoms with Crippen LogP contribution < -0.4 is 0 Å². The molecule has 0 N–H and O–H groups in total. The minimum absolute atomic E-state index is 0.0133. The Hall–Kier alpha value is -1.97. The van der Waals surface area contributed by atoms with E-state index in [-0.39, 0.29) is 5.92 Å². The van der Waals surface area contributed by atoms with E-state index in [0.717, 1.165) is 5.56 Å². The molecule has 0 fully saturated rings. The summed E-state index contributed by atoms with van der Waals surface area (Å²) in [4.78, 5) is 27.1. The normalized spacial score (nSPS) is 15.7. The summed E-state index contributed by atoms with van der Waals surface area (Å²) in [5.74, 6) is -1.05. The summed E-state index contributed by atoms with van der Waals surface area (Å²) in [5.41, 5.74) is 1.84. The number of carbonyl (C=O) groups is 2. The Bertz CT molecular complexity index is 489. The van der Waals surface area contributed by atoms with Crippen LogP contribution in [0.2, 0.25) is 0 Å². The van der Waals surface area contributed by atoms with Crippen molar-refractivity contribution < 1.29 is 14.3 Å². The molecule has 0 atom stereocenters.